The molecule has 1 heterocycles. The molecule has 0 saturated carbocycles. The Hall–Kier alpha value is -1.52. The molecule has 0 spiro atoms. The SMILES string of the molecule is CC(C)CNCc1c(Cl)cccc1Oc1cnn(C)c1. The van der Waals surface area contributed by atoms with E-state index in [1.807, 2.05) is 31.4 Å². The Morgan fingerprint density at radius 1 is 1.40 bits per heavy atom. The quantitative estimate of drug-likeness (QED) is 0.884. The van der Waals surface area contributed by atoms with Gasteiger partial charge in [0.25, 0.3) is 0 Å². The Bertz CT molecular complexity index is 566. The van der Waals surface area contributed by atoms with E-state index in [0.717, 1.165) is 17.9 Å². The normalized spacial score (nSPS) is 11.1. The highest BCUT2D eigenvalue weighted by molar-refractivity contribution is 6.31. The van der Waals surface area contributed by atoms with Crippen LogP contribution in [0.5, 0.6) is 11.5 Å². The highest BCUT2D eigenvalue weighted by Crippen LogP contribution is 2.30. The van der Waals surface area contributed by atoms with Crippen LogP contribution >= 0.6 is 11.6 Å². The molecule has 1 aromatic carbocycles. The molecule has 20 heavy (non-hydrogen) atoms. The van der Waals surface area contributed by atoms with Crippen LogP contribution in [-0.2, 0) is 13.6 Å². The third-order valence-electron chi connectivity index (χ3n) is 2.84. The lowest BCUT2D eigenvalue weighted by molar-refractivity contribution is 0.468. The molecule has 0 amide bonds. The van der Waals surface area contributed by atoms with Gasteiger partial charge in [-0.2, -0.15) is 5.10 Å². The summed E-state index contributed by atoms with van der Waals surface area (Å²) in [6, 6.07) is 5.69. The van der Waals surface area contributed by atoms with Crippen LogP contribution in [0.3, 0.4) is 0 Å². The van der Waals surface area contributed by atoms with Crippen LogP contribution in [0, 0.1) is 5.92 Å². The molecule has 0 radical (unpaired) electrons. The number of ether oxygens (including phenoxy) is 1. The van der Waals surface area contributed by atoms with Gasteiger partial charge >= 0.3 is 0 Å². The summed E-state index contributed by atoms with van der Waals surface area (Å²) < 4.78 is 7.57. The molecule has 0 saturated heterocycles. The third-order valence-corrected chi connectivity index (χ3v) is 3.19. The van der Waals surface area contributed by atoms with Crippen molar-refractivity contribution in [1.29, 1.82) is 0 Å². The highest BCUT2D eigenvalue weighted by Gasteiger charge is 2.10. The first-order valence-corrected chi connectivity index (χ1v) is 7.08. The molecule has 2 rings (SSSR count). The van der Waals surface area contributed by atoms with Gasteiger partial charge in [0.2, 0.25) is 0 Å². The first-order chi connectivity index (χ1) is 9.56. The van der Waals surface area contributed by atoms with Gasteiger partial charge in [0.15, 0.2) is 5.75 Å². The molecular formula is C15H20ClN3O. The highest BCUT2D eigenvalue weighted by atomic mass is 35.5. The summed E-state index contributed by atoms with van der Waals surface area (Å²) in [7, 11) is 1.86. The molecule has 1 N–H and O–H groups in total. The number of hydrogen-bond acceptors (Lipinski definition) is 3. The van der Waals surface area contributed by atoms with E-state index in [-0.39, 0.29) is 0 Å². The fraction of sp³-hybridized carbons (Fsp3) is 0.400. The van der Waals surface area contributed by atoms with E-state index in [4.69, 9.17) is 16.3 Å². The van der Waals surface area contributed by atoms with Crippen LogP contribution in [0.1, 0.15) is 19.4 Å². The topological polar surface area (TPSA) is 39.1 Å². The van der Waals surface area contributed by atoms with E-state index in [1.165, 1.54) is 0 Å². The van der Waals surface area contributed by atoms with E-state index in [2.05, 4.69) is 24.3 Å². The maximum absolute atomic E-state index is 6.28. The number of hydrogen-bond donors (Lipinski definition) is 1. The molecule has 0 unspecified atom stereocenters. The maximum atomic E-state index is 6.28. The van der Waals surface area contributed by atoms with Gasteiger partial charge in [-0.05, 0) is 24.6 Å². The second-order valence-corrected chi connectivity index (χ2v) is 5.60. The van der Waals surface area contributed by atoms with Crippen molar-refractivity contribution in [1.82, 2.24) is 15.1 Å². The molecular weight excluding hydrogens is 274 g/mol. The minimum absolute atomic E-state index is 0.597. The largest absolute Gasteiger partial charge is 0.454 e. The van der Waals surface area contributed by atoms with E-state index < -0.39 is 0 Å². The number of benzene rings is 1. The Balaban J connectivity index is 2.13. The van der Waals surface area contributed by atoms with E-state index in [1.54, 1.807) is 10.9 Å². The van der Waals surface area contributed by atoms with Crippen molar-refractivity contribution in [2.24, 2.45) is 13.0 Å². The predicted octanol–water partition coefficient (Wildman–Crippen LogP) is 3.61. The van der Waals surface area contributed by atoms with Gasteiger partial charge in [-0.25, -0.2) is 0 Å². The predicted molar refractivity (Wildman–Crippen MR) is 81.3 cm³/mol. The van der Waals surface area contributed by atoms with Crippen LogP contribution < -0.4 is 10.1 Å². The molecule has 0 aliphatic rings. The van der Waals surface area contributed by atoms with Gasteiger partial charge in [-0.3, -0.25) is 4.68 Å². The van der Waals surface area contributed by atoms with Crippen molar-refractivity contribution in [3.8, 4) is 11.5 Å². The van der Waals surface area contributed by atoms with Crippen molar-refractivity contribution < 1.29 is 4.74 Å². The van der Waals surface area contributed by atoms with E-state index in [0.29, 0.717) is 23.2 Å². The van der Waals surface area contributed by atoms with Gasteiger partial charge in [-0.15, -0.1) is 0 Å². The summed E-state index contributed by atoms with van der Waals surface area (Å²) in [4.78, 5) is 0. The Morgan fingerprint density at radius 2 is 2.20 bits per heavy atom. The summed E-state index contributed by atoms with van der Waals surface area (Å²) in [6.45, 7) is 5.98. The molecule has 0 fully saturated rings. The standard InChI is InChI=1S/C15H20ClN3O/c1-11(2)7-17-9-13-14(16)5-4-6-15(13)20-12-8-18-19(3)10-12/h4-6,8,10-11,17H,7,9H2,1-3H3. The van der Waals surface area contributed by atoms with Crippen LogP contribution in [0.4, 0.5) is 0 Å². The lowest BCUT2D eigenvalue weighted by Crippen LogP contribution is -2.19. The van der Waals surface area contributed by atoms with Crippen LogP contribution in [0.25, 0.3) is 0 Å². The average molecular weight is 294 g/mol. The Morgan fingerprint density at radius 3 is 2.85 bits per heavy atom. The minimum Gasteiger partial charge on any atom is -0.454 e. The van der Waals surface area contributed by atoms with Crippen molar-refractivity contribution in [2.75, 3.05) is 6.54 Å². The van der Waals surface area contributed by atoms with Crippen molar-refractivity contribution in [2.45, 2.75) is 20.4 Å². The zero-order valence-electron chi connectivity index (χ0n) is 12.1. The summed E-state index contributed by atoms with van der Waals surface area (Å²) in [5, 5.41) is 8.19. The van der Waals surface area contributed by atoms with E-state index in [9.17, 15) is 0 Å². The van der Waals surface area contributed by atoms with E-state index >= 15 is 0 Å². The van der Waals surface area contributed by atoms with Crippen molar-refractivity contribution >= 4 is 11.6 Å². The lowest BCUT2D eigenvalue weighted by atomic mass is 10.1. The summed E-state index contributed by atoms with van der Waals surface area (Å²) in [5.74, 6) is 2.07. The smallest absolute Gasteiger partial charge is 0.165 e. The maximum Gasteiger partial charge on any atom is 0.165 e. The molecule has 1 aromatic heterocycles. The van der Waals surface area contributed by atoms with Crippen molar-refractivity contribution in [3.63, 3.8) is 0 Å². The fourth-order valence-electron chi connectivity index (χ4n) is 1.87. The molecule has 0 bridgehead atoms. The third kappa shape index (κ3) is 3.99. The van der Waals surface area contributed by atoms with Gasteiger partial charge in [0, 0.05) is 24.2 Å². The number of nitrogens with one attached hydrogen (secondary N) is 1. The lowest BCUT2D eigenvalue weighted by Gasteiger charge is -2.13. The second kappa shape index (κ2) is 6.77. The minimum atomic E-state index is 0.597. The van der Waals surface area contributed by atoms with Gasteiger partial charge in [0.05, 0.1) is 12.4 Å². The van der Waals surface area contributed by atoms with Crippen LogP contribution in [-0.4, -0.2) is 16.3 Å². The van der Waals surface area contributed by atoms with Gasteiger partial charge in [0.1, 0.15) is 5.75 Å². The number of aryl methyl sites for hydroxylation is 1. The van der Waals surface area contributed by atoms with Gasteiger partial charge < -0.3 is 10.1 Å². The molecule has 5 heteroatoms. The average Bonchev–Trinajstić information content (AvgIpc) is 2.78. The van der Waals surface area contributed by atoms with Crippen LogP contribution in [0.15, 0.2) is 30.6 Å². The summed E-state index contributed by atoms with van der Waals surface area (Å²) >= 11 is 6.28. The Kier molecular flexibility index (Phi) is 5.04. The zero-order valence-corrected chi connectivity index (χ0v) is 12.8. The monoisotopic (exact) mass is 293 g/mol. The molecule has 0 aliphatic carbocycles. The summed E-state index contributed by atoms with van der Waals surface area (Å²) in [5.41, 5.74) is 0.971. The number of nitrogens with zero attached hydrogens (tertiary/aromatic N) is 2. The number of aromatic nitrogens is 2. The first kappa shape index (κ1) is 14.9. The first-order valence-electron chi connectivity index (χ1n) is 6.71. The molecule has 2 aromatic rings. The second-order valence-electron chi connectivity index (χ2n) is 5.19. The Labute approximate surface area is 124 Å². The summed E-state index contributed by atoms with van der Waals surface area (Å²) in [6.07, 6.45) is 3.51. The van der Waals surface area contributed by atoms with Crippen LogP contribution in [0.2, 0.25) is 5.02 Å². The number of halogens is 1. The fourth-order valence-corrected chi connectivity index (χ4v) is 2.10. The molecule has 108 valence electrons. The number of rotatable bonds is 6. The molecule has 0 aliphatic heterocycles. The molecule has 0 atom stereocenters. The van der Waals surface area contributed by atoms with Crippen molar-refractivity contribution in [3.05, 3.63) is 41.2 Å². The van der Waals surface area contributed by atoms with Gasteiger partial charge in [-0.1, -0.05) is 31.5 Å². The molecule has 4 nitrogen and oxygen atoms in total. The zero-order chi connectivity index (χ0) is 14.5.